The number of nitriles is 1. The summed E-state index contributed by atoms with van der Waals surface area (Å²) in [5.74, 6) is -0.361. The molecular formula is C27H21N3O3. The highest BCUT2D eigenvalue weighted by molar-refractivity contribution is 5.99. The summed E-state index contributed by atoms with van der Waals surface area (Å²) in [4.78, 5) is 30.0. The zero-order valence-electron chi connectivity index (χ0n) is 18.0. The summed E-state index contributed by atoms with van der Waals surface area (Å²) in [5, 5.41) is 9.67. The molecular weight excluding hydrogens is 414 g/mol. The monoisotopic (exact) mass is 435 g/mol. The third-order valence-electron chi connectivity index (χ3n) is 5.31. The normalized spacial score (nSPS) is 15.2. The molecule has 1 aliphatic rings. The number of pyridine rings is 1. The molecule has 0 spiro atoms. The van der Waals surface area contributed by atoms with Crippen molar-refractivity contribution in [2.75, 3.05) is 4.90 Å². The molecule has 2 heterocycles. The Kier molecular flexibility index (Phi) is 6.42. The lowest BCUT2D eigenvalue weighted by Gasteiger charge is -2.33. The molecule has 162 valence electrons. The highest BCUT2D eigenvalue weighted by Gasteiger charge is 2.28. The summed E-state index contributed by atoms with van der Waals surface area (Å²) in [6.07, 6.45) is 6.37. The van der Waals surface area contributed by atoms with E-state index in [9.17, 15) is 14.9 Å². The summed E-state index contributed by atoms with van der Waals surface area (Å²) in [6, 6.07) is 21.9. The molecule has 3 aromatic rings. The number of carbonyl (C=O) groups excluding carboxylic acids is 2. The van der Waals surface area contributed by atoms with Gasteiger partial charge in [-0.2, -0.15) is 5.26 Å². The smallest absolute Gasteiger partial charge is 0.302 e. The standard InChI is InChI=1S/C27H21N3O3/c1-19(32)33-18-20-7-6-9-23(13-20)30-16-22(26-11-4-5-12-29-26)14-25(27(30)17-31)24-10-3-2-8-21(24)15-28/h2-14,16-17,27H,18H2,1H3. The van der Waals surface area contributed by atoms with E-state index in [0.717, 1.165) is 28.8 Å². The van der Waals surface area contributed by atoms with Crippen LogP contribution in [0.4, 0.5) is 5.69 Å². The number of esters is 1. The number of carbonyl (C=O) groups is 2. The second-order valence-electron chi connectivity index (χ2n) is 7.49. The van der Waals surface area contributed by atoms with Gasteiger partial charge >= 0.3 is 5.97 Å². The Labute approximate surface area is 192 Å². The van der Waals surface area contributed by atoms with Gasteiger partial charge in [0.25, 0.3) is 0 Å². The number of anilines is 1. The van der Waals surface area contributed by atoms with Gasteiger partial charge in [-0.15, -0.1) is 0 Å². The van der Waals surface area contributed by atoms with Crippen LogP contribution in [0.25, 0.3) is 11.1 Å². The molecule has 0 saturated carbocycles. The first-order valence-corrected chi connectivity index (χ1v) is 10.4. The summed E-state index contributed by atoms with van der Waals surface area (Å²) in [6.45, 7) is 1.50. The predicted octanol–water partition coefficient (Wildman–Crippen LogP) is 4.53. The van der Waals surface area contributed by atoms with E-state index in [4.69, 9.17) is 4.74 Å². The Bertz CT molecular complexity index is 1290. The fourth-order valence-corrected chi connectivity index (χ4v) is 3.78. The number of ether oxygens (including phenoxy) is 1. The lowest BCUT2D eigenvalue weighted by molar-refractivity contribution is -0.142. The van der Waals surface area contributed by atoms with Gasteiger partial charge in [0.1, 0.15) is 18.9 Å². The van der Waals surface area contributed by atoms with Gasteiger partial charge in [-0.1, -0.05) is 36.4 Å². The lowest BCUT2D eigenvalue weighted by atomic mass is 9.89. The van der Waals surface area contributed by atoms with Crippen LogP contribution in [0.1, 0.15) is 29.3 Å². The molecule has 0 aliphatic carbocycles. The minimum Gasteiger partial charge on any atom is -0.461 e. The van der Waals surface area contributed by atoms with Crippen LogP contribution in [0.3, 0.4) is 0 Å². The first-order chi connectivity index (χ1) is 16.1. The molecule has 0 fully saturated rings. The van der Waals surface area contributed by atoms with Crippen LogP contribution < -0.4 is 4.90 Å². The fourth-order valence-electron chi connectivity index (χ4n) is 3.78. The number of aldehydes is 1. The van der Waals surface area contributed by atoms with Crippen molar-refractivity contribution in [1.82, 2.24) is 4.98 Å². The molecule has 0 amide bonds. The van der Waals surface area contributed by atoms with Gasteiger partial charge in [-0.05, 0) is 53.1 Å². The maximum absolute atomic E-state index is 12.4. The number of aromatic nitrogens is 1. The Morgan fingerprint density at radius 3 is 2.70 bits per heavy atom. The van der Waals surface area contributed by atoms with E-state index in [2.05, 4.69) is 11.1 Å². The summed E-state index contributed by atoms with van der Waals surface area (Å²) in [5.41, 5.74) is 4.99. The molecule has 0 saturated heterocycles. The number of hydrogen-bond donors (Lipinski definition) is 0. The van der Waals surface area contributed by atoms with E-state index in [1.165, 1.54) is 6.92 Å². The topological polar surface area (TPSA) is 83.3 Å². The molecule has 1 aromatic heterocycles. The van der Waals surface area contributed by atoms with Crippen LogP contribution in [0.15, 0.2) is 85.2 Å². The molecule has 6 nitrogen and oxygen atoms in total. The van der Waals surface area contributed by atoms with E-state index < -0.39 is 6.04 Å². The molecule has 0 radical (unpaired) electrons. The van der Waals surface area contributed by atoms with Crippen LogP contribution in [-0.2, 0) is 20.9 Å². The Morgan fingerprint density at radius 2 is 1.97 bits per heavy atom. The largest absolute Gasteiger partial charge is 0.461 e. The molecule has 1 aliphatic heterocycles. The summed E-state index contributed by atoms with van der Waals surface area (Å²) >= 11 is 0. The van der Waals surface area contributed by atoms with E-state index in [1.54, 1.807) is 18.3 Å². The van der Waals surface area contributed by atoms with E-state index in [-0.39, 0.29) is 12.6 Å². The minimum atomic E-state index is -0.657. The van der Waals surface area contributed by atoms with Crippen LogP contribution >= 0.6 is 0 Å². The van der Waals surface area contributed by atoms with Gasteiger partial charge in [0, 0.05) is 30.6 Å². The zero-order valence-corrected chi connectivity index (χ0v) is 18.0. The summed E-state index contributed by atoms with van der Waals surface area (Å²) in [7, 11) is 0. The fraction of sp³-hybridized carbons (Fsp3) is 0.111. The van der Waals surface area contributed by atoms with Gasteiger partial charge in [0.15, 0.2) is 0 Å². The van der Waals surface area contributed by atoms with E-state index >= 15 is 0 Å². The van der Waals surface area contributed by atoms with Crippen molar-refractivity contribution in [2.24, 2.45) is 0 Å². The van der Waals surface area contributed by atoms with Crippen molar-refractivity contribution in [1.29, 1.82) is 5.26 Å². The van der Waals surface area contributed by atoms with Gasteiger partial charge in [-0.25, -0.2) is 0 Å². The number of benzene rings is 2. The van der Waals surface area contributed by atoms with Gasteiger partial charge < -0.3 is 14.4 Å². The quantitative estimate of drug-likeness (QED) is 0.418. The summed E-state index contributed by atoms with van der Waals surface area (Å²) < 4.78 is 5.13. The maximum Gasteiger partial charge on any atom is 0.302 e. The molecule has 4 rings (SSSR count). The predicted molar refractivity (Wildman–Crippen MR) is 126 cm³/mol. The van der Waals surface area contributed by atoms with Crippen molar-refractivity contribution >= 4 is 29.1 Å². The molecule has 1 unspecified atom stereocenters. The second kappa shape index (κ2) is 9.75. The highest BCUT2D eigenvalue weighted by Crippen LogP contribution is 2.36. The first kappa shape index (κ1) is 21.7. The van der Waals surface area contributed by atoms with E-state index in [1.807, 2.05) is 71.8 Å². The highest BCUT2D eigenvalue weighted by atomic mass is 16.5. The average molecular weight is 435 g/mol. The van der Waals surface area contributed by atoms with Crippen molar-refractivity contribution < 1.29 is 14.3 Å². The molecule has 0 N–H and O–H groups in total. The van der Waals surface area contributed by atoms with Crippen molar-refractivity contribution in [2.45, 2.75) is 19.6 Å². The van der Waals surface area contributed by atoms with Crippen LogP contribution in [0.2, 0.25) is 0 Å². The Balaban J connectivity index is 1.85. The number of nitrogens with zero attached hydrogens (tertiary/aromatic N) is 3. The van der Waals surface area contributed by atoms with Gasteiger partial charge in [0.2, 0.25) is 0 Å². The zero-order chi connectivity index (χ0) is 23.2. The van der Waals surface area contributed by atoms with Gasteiger partial charge in [0.05, 0.1) is 17.3 Å². The maximum atomic E-state index is 12.4. The van der Waals surface area contributed by atoms with E-state index in [0.29, 0.717) is 16.7 Å². The van der Waals surface area contributed by atoms with Crippen molar-refractivity contribution in [3.8, 4) is 6.07 Å². The number of hydrogen-bond acceptors (Lipinski definition) is 6. The third kappa shape index (κ3) is 4.73. The minimum absolute atomic E-state index is 0.138. The molecule has 33 heavy (non-hydrogen) atoms. The van der Waals surface area contributed by atoms with Crippen LogP contribution in [0.5, 0.6) is 0 Å². The Hall–Kier alpha value is -4.50. The first-order valence-electron chi connectivity index (χ1n) is 10.4. The van der Waals surface area contributed by atoms with Crippen LogP contribution in [-0.4, -0.2) is 23.3 Å². The molecule has 1 atom stereocenters. The third-order valence-corrected chi connectivity index (χ3v) is 5.31. The average Bonchev–Trinajstić information content (AvgIpc) is 2.87. The lowest BCUT2D eigenvalue weighted by Crippen LogP contribution is -2.36. The molecule has 6 heteroatoms. The second-order valence-corrected chi connectivity index (χ2v) is 7.49. The van der Waals surface area contributed by atoms with Crippen molar-refractivity contribution in [3.05, 3.63) is 108 Å². The van der Waals surface area contributed by atoms with Crippen molar-refractivity contribution in [3.63, 3.8) is 0 Å². The molecule has 0 bridgehead atoms. The number of rotatable bonds is 6. The molecule has 2 aromatic carbocycles. The number of allylic oxidation sites excluding steroid dienone is 2. The van der Waals surface area contributed by atoms with Gasteiger partial charge in [-0.3, -0.25) is 9.78 Å². The SMILES string of the molecule is CC(=O)OCc1cccc(N2C=C(c3ccccn3)C=C(c3ccccc3C#N)C2C=O)c1. The van der Waals surface area contributed by atoms with Crippen LogP contribution in [0, 0.1) is 11.3 Å². The Morgan fingerprint density at radius 1 is 1.15 bits per heavy atom.